The predicted molar refractivity (Wildman–Crippen MR) is 94.3 cm³/mol. The van der Waals surface area contributed by atoms with Gasteiger partial charge < -0.3 is 0 Å². The second-order valence-electron chi connectivity index (χ2n) is 4.81. The molecule has 0 N–H and O–H groups in total. The summed E-state index contributed by atoms with van der Waals surface area (Å²) in [6, 6.07) is 11.1. The Morgan fingerprint density at radius 3 is 2.42 bits per heavy atom. The topological polar surface area (TPSA) is 34.9 Å². The summed E-state index contributed by atoms with van der Waals surface area (Å²) >= 11 is 13.7. The maximum atomic E-state index is 13.1. The largest absolute Gasteiger partial charge is 0.293 e. The van der Waals surface area contributed by atoms with E-state index in [0.29, 0.717) is 27.3 Å². The molecule has 2 aromatic carbocycles. The second-order valence-corrected chi connectivity index (χ2v) is 6.61. The molecule has 1 heterocycles. The molecule has 0 aliphatic rings. The highest BCUT2D eigenvalue weighted by molar-refractivity contribution is 7.98. The van der Waals surface area contributed by atoms with Gasteiger partial charge >= 0.3 is 0 Å². The summed E-state index contributed by atoms with van der Waals surface area (Å²) in [7, 11) is 0. The molecule has 0 atom stereocenters. The van der Waals surface area contributed by atoms with Gasteiger partial charge in [-0.1, -0.05) is 29.3 Å². The number of thioether (sulfide) groups is 1. The van der Waals surface area contributed by atoms with E-state index in [1.54, 1.807) is 34.9 Å². The zero-order chi connectivity index (χ0) is 17.1. The molecule has 0 unspecified atom stereocenters. The first-order valence-corrected chi connectivity index (χ1v) is 8.62. The Morgan fingerprint density at radius 2 is 1.79 bits per heavy atom. The fourth-order valence-electron chi connectivity index (χ4n) is 2.20. The molecule has 0 amide bonds. The van der Waals surface area contributed by atoms with Crippen molar-refractivity contribution in [3.63, 3.8) is 0 Å². The summed E-state index contributed by atoms with van der Waals surface area (Å²) in [4.78, 5) is 16.2. The fraction of sp³-hybridized carbons (Fsp3) is 0.0588. The van der Waals surface area contributed by atoms with E-state index in [9.17, 15) is 9.18 Å². The minimum Gasteiger partial charge on any atom is -0.293 e. The van der Waals surface area contributed by atoms with Crippen LogP contribution in [0.4, 0.5) is 4.39 Å². The molecular formula is C17H10Cl2FN2OS. The van der Waals surface area contributed by atoms with Crippen LogP contribution < -0.4 is 0 Å². The van der Waals surface area contributed by atoms with Crippen LogP contribution in [-0.2, 0) is 10.5 Å². The molecule has 3 rings (SSSR count). The average molecular weight is 380 g/mol. The molecular weight excluding hydrogens is 370 g/mol. The highest BCUT2D eigenvalue weighted by Crippen LogP contribution is 2.35. The number of benzene rings is 2. The van der Waals surface area contributed by atoms with Crippen molar-refractivity contribution in [3.05, 3.63) is 76.0 Å². The molecule has 24 heavy (non-hydrogen) atoms. The Balaban J connectivity index is 1.93. The third kappa shape index (κ3) is 3.48. The van der Waals surface area contributed by atoms with E-state index in [4.69, 9.17) is 23.2 Å². The summed E-state index contributed by atoms with van der Waals surface area (Å²) in [5.74, 6) is 0.693. The molecule has 0 spiro atoms. The molecule has 1 radical (unpaired) electrons. The molecule has 0 aliphatic carbocycles. The maximum Gasteiger partial charge on any atom is 0.253 e. The number of carbonyl (C=O) groups excluding carboxylic acids is 1. The van der Waals surface area contributed by atoms with Crippen molar-refractivity contribution in [1.29, 1.82) is 0 Å². The standard InChI is InChI=1S/C17H10Cl2FN2OS/c18-14-2-1-3-15(19)17(14)24-10-16-21-8-13(9-23)22(16)12-6-4-11(20)5-7-12/h1-8H,10H2. The molecule has 0 bridgehead atoms. The molecule has 0 aliphatic heterocycles. The van der Waals surface area contributed by atoms with Gasteiger partial charge in [-0.3, -0.25) is 9.36 Å². The predicted octanol–water partition coefficient (Wildman–Crippen LogP) is 5.07. The average Bonchev–Trinajstić information content (AvgIpc) is 2.98. The minimum absolute atomic E-state index is 0.266. The summed E-state index contributed by atoms with van der Waals surface area (Å²) < 4.78 is 14.8. The fourth-order valence-corrected chi connectivity index (χ4v) is 3.81. The number of halogens is 3. The van der Waals surface area contributed by atoms with Gasteiger partial charge in [0.15, 0.2) is 0 Å². The molecule has 3 aromatic rings. The molecule has 1 aromatic heterocycles. The Bertz CT molecular complexity index is 861. The van der Waals surface area contributed by atoms with Crippen molar-refractivity contribution in [1.82, 2.24) is 9.55 Å². The number of imidazole rings is 1. The van der Waals surface area contributed by atoms with E-state index < -0.39 is 0 Å². The summed E-state index contributed by atoms with van der Waals surface area (Å²) in [6.45, 7) is 0. The highest BCUT2D eigenvalue weighted by Gasteiger charge is 2.14. The van der Waals surface area contributed by atoms with Crippen molar-refractivity contribution < 1.29 is 9.18 Å². The van der Waals surface area contributed by atoms with E-state index in [1.807, 2.05) is 6.29 Å². The normalized spacial score (nSPS) is 10.8. The molecule has 121 valence electrons. The number of hydrogen-bond acceptors (Lipinski definition) is 3. The van der Waals surface area contributed by atoms with Crippen molar-refractivity contribution >= 4 is 41.2 Å². The second kappa shape index (κ2) is 7.38. The first-order valence-electron chi connectivity index (χ1n) is 6.87. The van der Waals surface area contributed by atoms with Gasteiger partial charge in [0, 0.05) is 10.6 Å². The van der Waals surface area contributed by atoms with Crippen LogP contribution in [0.2, 0.25) is 10.0 Å². The number of nitrogens with zero attached hydrogens (tertiary/aromatic N) is 2. The van der Waals surface area contributed by atoms with Crippen LogP contribution in [0.1, 0.15) is 11.5 Å². The summed E-state index contributed by atoms with van der Waals surface area (Å²) in [5.41, 5.74) is 0.899. The smallest absolute Gasteiger partial charge is 0.253 e. The lowest BCUT2D eigenvalue weighted by Gasteiger charge is -2.10. The quantitative estimate of drug-likeness (QED) is 0.580. The van der Waals surface area contributed by atoms with E-state index in [0.717, 1.165) is 4.90 Å². The van der Waals surface area contributed by atoms with Crippen molar-refractivity contribution in [2.75, 3.05) is 0 Å². The molecule has 0 fully saturated rings. The maximum absolute atomic E-state index is 13.1. The van der Waals surface area contributed by atoms with Crippen LogP contribution in [0.15, 0.2) is 53.6 Å². The van der Waals surface area contributed by atoms with Crippen LogP contribution in [0.3, 0.4) is 0 Å². The Kier molecular flexibility index (Phi) is 5.23. The zero-order valence-electron chi connectivity index (χ0n) is 12.2. The van der Waals surface area contributed by atoms with Crippen LogP contribution >= 0.6 is 35.0 Å². The van der Waals surface area contributed by atoms with Crippen molar-refractivity contribution in [2.45, 2.75) is 10.6 Å². The monoisotopic (exact) mass is 379 g/mol. The minimum atomic E-state index is -0.353. The van der Waals surface area contributed by atoms with E-state index in [-0.39, 0.29) is 11.5 Å². The lowest BCUT2D eigenvalue weighted by Crippen LogP contribution is -2.04. The number of rotatable bonds is 5. The van der Waals surface area contributed by atoms with Crippen molar-refractivity contribution in [3.8, 4) is 5.69 Å². The van der Waals surface area contributed by atoms with Gasteiger partial charge in [0.25, 0.3) is 6.29 Å². The third-order valence-corrected chi connectivity index (χ3v) is 5.27. The SMILES string of the molecule is O=[C]c1cnc(CSc2c(Cl)cccc2Cl)n1-c1ccc(F)cc1. The van der Waals surface area contributed by atoms with Crippen LogP contribution in [0.25, 0.3) is 5.69 Å². The third-order valence-electron chi connectivity index (χ3n) is 3.29. The van der Waals surface area contributed by atoms with E-state index >= 15 is 0 Å². The molecule has 3 nitrogen and oxygen atoms in total. The van der Waals surface area contributed by atoms with Gasteiger partial charge in [-0.05, 0) is 36.4 Å². The Hall–Kier alpha value is -1.82. The Morgan fingerprint density at radius 1 is 1.12 bits per heavy atom. The van der Waals surface area contributed by atoms with Crippen molar-refractivity contribution in [2.24, 2.45) is 0 Å². The van der Waals surface area contributed by atoms with Gasteiger partial charge in [-0.2, -0.15) is 0 Å². The van der Waals surface area contributed by atoms with Gasteiger partial charge in [0.2, 0.25) is 0 Å². The van der Waals surface area contributed by atoms with E-state index in [1.165, 1.54) is 30.1 Å². The van der Waals surface area contributed by atoms with Gasteiger partial charge in [-0.25, -0.2) is 9.37 Å². The molecule has 0 saturated carbocycles. The Labute approximate surface area is 152 Å². The van der Waals surface area contributed by atoms with Crippen LogP contribution in [0, 0.1) is 5.82 Å². The summed E-state index contributed by atoms with van der Waals surface area (Å²) in [5, 5.41) is 1.10. The molecule has 0 saturated heterocycles. The summed E-state index contributed by atoms with van der Waals surface area (Å²) in [6.07, 6.45) is 3.28. The van der Waals surface area contributed by atoms with Crippen LogP contribution in [-0.4, -0.2) is 15.8 Å². The van der Waals surface area contributed by atoms with Gasteiger partial charge in [0.05, 0.1) is 22.0 Å². The van der Waals surface area contributed by atoms with Gasteiger partial charge in [0.1, 0.15) is 17.3 Å². The van der Waals surface area contributed by atoms with E-state index in [2.05, 4.69) is 4.98 Å². The van der Waals surface area contributed by atoms with Crippen LogP contribution in [0.5, 0.6) is 0 Å². The molecule has 7 heteroatoms. The first kappa shape index (κ1) is 17.0. The number of hydrogen-bond donors (Lipinski definition) is 0. The highest BCUT2D eigenvalue weighted by atomic mass is 35.5. The number of aromatic nitrogens is 2. The lowest BCUT2D eigenvalue weighted by molar-refractivity contribution is 0.560. The lowest BCUT2D eigenvalue weighted by atomic mass is 10.3. The zero-order valence-corrected chi connectivity index (χ0v) is 14.5. The van der Waals surface area contributed by atoms with Gasteiger partial charge in [-0.15, -0.1) is 11.8 Å². The first-order chi connectivity index (χ1) is 11.6.